The molecule has 0 saturated heterocycles. The molecule has 2 aromatic rings. The molecule has 0 atom stereocenters. The minimum Gasteiger partial charge on any atom is -0.353 e. The normalized spacial score (nSPS) is 16.1. The predicted octanol–water partition coefficient (Wildman–Crippen LogP) is 4.96. The summed E-state index contributed by atoms with van der Waals surface area (Å²) < 4.78 is 0. The molecule has 3 nitrogen and oxygen atoms in total. The number of anilines is 1. The van der Waals surface area contributed by atoms with E-state index in [1.54, 1.807) is 0 Å². The van der Waals surface area contributed by atoms with Gasteiger partial charge in [-0.25, -0.2) is 0 Å². The topological polar surface area (TPSA) is 37.0 Å². The summed E-state index contributed by atoms with van der Waals surface area (Å²) in [4.78, 5) is 4.14. The van der Waals surface area contributed by atoms with E-state index in [4.69, 9.17) is 12.2 Å². The van der Waals surface area contributed by atoms with Gasteiger partial charge in [-0.15, -0.1) is 0 Å². The Hall–Kier alpha value is -1.94. The third-order valence-electron chi connectivity index (χ3n) is 4.88. The second-order valence-electron chi connectivity index (χ2n) is 6.88. The highest BCUT2D eigenvalue weighted by atomic mass is 32.1. The van der Waals surface area contributed by atoms with Gasteiger partial charge in [0.25, 0.3) is 0 Å². The van der Waals surface area contributed by atoms with E-state index in [0.29, 0.717) is 11.0 Å². The quantitative estimate of drug-likeness (QED) is 0.772. The zero-order valence-corrected chi connectivity index (χ0v) is 15.2. The van der Waals surface area contributed by atoms with E-state index >= 15 is 0 Å². The first-order valence-corrected chi connectivity index (χ1v) is 9.09. The molecule has 3 rings (SSSR count). The molecule has 0 aliphatic heterocycles. The third-order valence-corrected chi connectivity index (χ3v) is 5.08. The van der Waals surface area contributed by atoms with Crippen LogP contribution in [0.5, 0.6) is 0 Å². The van der Waals surface area contributed by atoms with Crippen molar-refractivity contribution in [3.63, 3.8) is 0 Å². The highest BCUT2D eigenvalue weighted by Crippen LogP contribution is 2.38. The number of benzene rings is 1. The van der Waals surface area contributed by atoms with Gasteiger partial charge in [-0.2, -0.15) is 0 Å². The minimum atomic E-state index is -0.0646. The molecule has 4 heteroatoms. The molecular weight excluding hydrogens is 314 g/mol. The third kappa shape index (κ3) is 3.75. The molecule has 1 aromatic heterocycles. The lowest BCUT2D eigenvalue weighted by Gasteiger charge is -2.32. The molecule has 126 valence electrons. The van der Waals surface area contributed by atoms with Crippen molar-refractivity contribution in [1.82, 2.24) is 10.3 Å². The van der Waals surface area contributed by atoms with Gasteiger partial charge in [-0.05, 0) is 66.4 Å². The standard InChI is InChI=1S/C20H25N3S/c1-15(2)16-5-7-18(8-6-16)22-19(24)23-20(11-3-4-12-20)17-9-13-21-14-10-17/h5-10,13-15H,3-4,11-12H2,1-2H3,(H2,22,23,24). The van der Waals surface area contributed by atoms with Crippen LogP contribution in [0.25, 0.3) is 0 Å². The molecule has 0 bridgehead atoms. The molecule has 0 spiro atoms. The molecular formula is C20H25N3S. The van der Waals surface area contributed by atoms with E-state index < -0.39 is 0 Å². The van der Waals surface area contributed by atoms with Crippen molar-refractivity contribution >= 4 is 23.0 Å². The van der Waals surface area contributed by atoms with Crippen molar-refractivity contribution in [1.29, 1.82) is 0 Å². The maximum Gasteiger partial charge on any atom is 0.171 e. The Kier molecular flexibility index (Phi) is 5.14. The average Bonchev–Trinajstić information content (AvgIpc) is 3.05. The lowest BCUT2D eigenvalue weighted by molar-refractivity contribution is 0.408. The zero-order valence-electron chi connectivity index (χ0n) is 14.4. The number of hydrogen-bond donors (Lipinski definition) is 2. The maximum atomic E-state index is 5.59. The van der Waals surface area contributed by atoms with Gasteiger partial charge < -0.3 is 10.6 Å². The fourth-order valence-corrected chi connectivity index (χ4v) is 3.78. The van der Waals surface area contributed by atoms with Crippen LogP contribution in [0.4, 0.5) is 5.69 Å². The summed E-state index contributed by atoms with van der Waals surface area (Å²) in [5.74, 6) is 0.539. The first kappa shape index (κ1) is 16.9. The number of thiocarbonyl (C=S) groups is 1. The van der Waals surface area contributed by atoms with Crippen LogP contribution in [0.3, 0.4) is 0 Å². The van der Waals surface area contributed by atoms with Crippen molar-refractivity contribution in [2.45, 2.75) is 51.0 Å². The lowest BCUT2D eigenvalue weighted by atomic mass is 9.89. The van der Waals surface area contributed by atoms with Crippen LogP contribution in [-0.2, 0) is 5.54 Å². The monoisotopic (exact) mass is 339 g/mol. The fourth-order valence-electron chi connectivity index (χ4n) is 3.47. The summed E-state index contributed by atoms with van der Waals surface area (Å²) in [5.41, 5.74) is 3.57. The van der Waals surface area contributed by atoms with Gasteiger partial charge in [-0.3, -0.25) is 4.98 Å². The molecule has 1 fully saturated rings. The van der Waals surface area contributed by atoms with Gasteiger partial charge in [0.15, 0.2) is 5.11 Å². The molecule has 1 aliphatic rings. The lowest BCUT2D eigenvalue weighted by Crippen LogP contribution is -2.45. The highest BCUT2D eigenvalue weighted by Gasteiger charge is 2.36. The van der Waals surface area contributed by atoms with Crippen molar-refractivity contribution in [2.75, 3.05) is 5.32 Å². The molecule has 1 aliphatic carbocycles. The van der Waals surface area contributed by atoms with Crippen LogP contribution in [0, 0.1) is 0 Å². The van der Waals surface area contributed by atoms with Gasteiger partial charge in [-0.1, -0.05) is 38.8 Å². The van der Waals surface area contributed by atoms with Crippen LogP contribution >= 0.6 is 12.2 Å². The average molecular weight is 340 g/mol. The van der Waals surface area contributed by atoms with Gasteiger partial charge in [0.2, 0.25) is 0 Å². The van der Waals surface area contributed by atoms with Gasteiger partial charge in [0.05, 0.1) is 5.54 Å². The number of pyridine rings is 1. The van der Waals surface area contributed by atoms with Crippen molar-refractivity contribution in [3.8, 4) is 0 Å². The predicted molar refractivity (Wildman–Crippen MR) is 104 cm³/mol. The summed E-state index contributed by atoms with van der Waals surface area (Å²) in [7, 11) is 0. The number of nitrogens with one attached hydrogen (secondary N) is 2. The van der Waals surface area contributed by atoms with Crippen LogP contribution < -0.4 is 10.6 Å². The molecule has 2 N–H and O–H groups in total. The Morgan fingerprint density at radius 3 is 2.25 bits per heavy atom. The summed E-state index contributed by atoms with van der Waals surface area (Å²) in [6.07, 6.45) is 8.37. The molecule has 0 radical (unpaired) electrons. The van der Waals surface area contributed by atoms with Gasteiger partial charge in [0, 0.05) is 18.1 Å². The summed E-state index contributed by atoms with van der Waals surface area (Å²) in [6, 6.07) is 12.7. The van der Waals surface area contributed by atoms with Gasteiger partial charge in [0.1, 0.15) is 0 Å². The minimum absolute atomic E-state index is 0.0646. The van der Waals surface area contributed by atoms with Crippen molar-refractivity contribution in [3.05, 3.63) is 59.9 Å². The van der Waals surface area contributed by atoms with E-state index in [1.165, 1.54) is 24.0 Å². The molecule has 1 heterocycles. The number of nitrogens with zero attached hydrogens (tertiary/aromatic N) is 1. The second-order valence-corrected chi connectivity index (χ2v) is 7.29. The Balaban J connectivity index is 1.70. The fraction of sp³-hybridized carbons (Fsp3) is 0.400. The SMILES string of the molecule is CC(C)c1ccc(NC(=S)NC2(c3ccncc3)CCCC2)cc1. The van der Waals surface area contributed by atoms with E-state index in [-0.39, 0.29) is 5.54 Å². The largest absolute Gasteiger partial charge is 0.353 e. The van der Waals surface area contributed by atoms with Crippen LogP contribution in [0.2, 0.25) is 0 Å². The van der Waals surface area contributed by atoms with Gasteiger partial charge >= 0.3 is 0 Å². The molecule has 0 unspecified atom stereocenters. The van der Waals surface area contributed by atoms with E-state index in [1.807, 2.05) is 12.4 Å². The molecule has 24 heavy (non-hydrogen) atoms. The number of aromatic nitrogens is 1. The summed E-state index contributed by atoms with van der Waals surface area (Å²) >= 11 is 5.59. The van der Waals surface area contributed by atoms with E-state index in [2.05, 4.69) is 65.9 Å². The number of rotatable bonds is 4. The first-order valence-electron chi connectivity index (χ1n) is 8.69. The Morgan fingerprint density at radius 1 is 1.04 bits per heavy atom. The first-order chi connectivity index (χ1) is 11.6. The second kappa shape index (κ2) is 7.31. The Labute approximate surface area is 149 Å². The molecule has 1 aromatic carbocycles. The summed E-state index contributed by atoms with van der Waals surface area (Å²) in [6.45, 7) is 4.40. The van der Waals surface area contributed by atoms with E-state index in [9.17, 15) is 0 Å². The van der Waals surface area contributed by atoms with Crippen LogP contribution in [0.15, 0.2) is 48.8 Å². The number of hydrogen-bond acceptors (Lipinski definition) is 2. The molecule has 1 saturated carbocycles. The molecule has 0 amide bonds. The van der Waals surface area contributed by atoms with Crippen LogP contribution in [-0.4, -0.2) is 10.1 Å². The zero-order chi connectivity index (χ0) is 17.0. The Morgan fingerprint density at radius 2 is 1.67 bits per heavy atom. The van der Waals surface area contributed by atoms with E-state index in [0.717, 1.165) is 18.5 Å². The van der Waals surface area contributed by atoms with Crippen LogP contribution in [0.1, 0.15) is 56.6 Å². The highest BCUT2D eigenvalue weighted by molar-refractivity contribution is 7.80. The summed E-state index contributed by atoms with van der Waals surface area (Å²) in [5, 5.41) is 7.61. The van der Waals surface area contributed by atoms with Crippen molar-refractivity contribution in [2.24, 2.45) is 0 Å². The maximum absolute atomic E-state index is 5.59. The smallest absolute Gasteiger partial charge is 0.171 e. The van der Waals surface area contributed by atoms with Crippen molar-refractivity contribution < 1.29 is 0 Å². The Bertz CT molecular complexity index is 674.